The summed E-state index contributed by atoms with van der Waals surface area (Å²) in [5.41, 5.74) is -2.76. The van der Waals surface area contributed by atoms with Crippen LogP contribution in [0.1, 0.15) is 39.7 Å². The number of ether oxygens (including phenoxy) is 3. The minimum Gasteiger partial charge on any atom is -0.416 e. The summed E-state index contributed by atoms with van der Waals surface area (Å²) in [6.45, 7) is 7.15. The molecule has 1 aliphatic carbocycles. The van der Waals surface area contributed by atoms with E-state index in [1.165, 1.54) is 6.92 Å². The molecule has 2 N–H and O–H groups in total. The lowest BCUT2D eigenvalue weighted by Crippen LogP contribution is -2.61. The smallest absolute Gasteiger partial charge is 0.416 e. The monoisotopic (exact) mass is 495 g/mol. The summed E-state index contributed by atoms with van der Waals surface area (Å²) in [7, 11) is 0. The largest absolute Gasteiger partial charge is 0.514 e. The molecule has 0 aromatic heterocycles. The normalized spacial score (nSPS) is 45.8. The summed E-state index contributed by atoms with van der Waals surface area (Å²) in [6.07, 6.45) is 5.28. The number of hydrogen-bond donors (Lipinski definition) is 2. The second-order valence-corrected chi connectivity index (χ2v) is 11.0. The number of benzene rings is 1. The van der Waals surface area contributed by atoms with Gasteiger partial charge >= 0.3 is 6.16 Å². The molecule has 0 radical (unpaired) electrons. The van der Waals surface area contributed by atoms with E-state index in [2.05, 4.69) is 5.32 Å². The fourth-order valence-corrected chi connectivity index (χ4v) is 6.51. The van der Waals surface area contributed by atoms with Gasteiger partial charge in [-0.15, -0.1) is 0 Å². The molecule has 9 atom stereocenters. The molecule has 1 aromatic carbocycles. The molecule has 192 valence electrons. The van der Waals surface area contributed by atoms with Crippen LogP contribution >= 0.6 is 0 Å². The van der Waals surface area contributed by atoms with Gasteiger partial charge in [-0.05, 0) is 44.2 Å². The van der Waals surface area contributed by atoms with E-state index in [4.69, 9.17) is 14.2 Å². The van der Waals surface area contributed by atoms with Crippen LogP contribution in [0.5, 0.6) is 0 Å². The maximum absolute atomic E-state index is 13.8. The number of fused-ring (bicyclic) bond motifs is 2. The van der Waals surface area contributed by atoms with Crippen LogP contribution in [0, 0.1) is 23.7 Å². The third kappa shape index (κ3) is 3.78. The van der Waals surface area contributed by atoms with Crippen molar-refractivity contribution in [3.8, 4) is 0 Å². The molecule has 3 heterocycles. The van der Waals surface area contributed by atoms with E-state index in [9.17, 15) is 19.5 Å². The number of carbonyl (C=O) groups excluding carboxylic acids is 3. The van der Waals surface area contributed by atoms with Gasteiger partial charge in [0.2, 0.25) is 5.60 Å². The molecule has 3 fully saturated rings. The van der Waals surface area contributed by atoms with Crippen LogP contribution in [-0.2, 0) is 30.2 Å². The van der Waals surface area contributed by atoms with Crippen molar-refractivity contribution in [2.75, 3.05) is 0 Å². The molecule has 0 bridgehead atoms. The average molecular weight is 496 g/mol. The Morgan fingerprint density at radius 1 is 1.11 bits per heavy atom. The van der Waals surface area contributed by atoms with Gasteiger partial charge in [0.1, 0.15) is 5.60 Å². The van der Waals surface area contributed by atoms with Crippen LogP contribution in [0.4, 0.5) is 4.79 Å². The number of allylic oxidation sites excluding steroid dienone is 1. The Kier molecular flexibility index (Phi) is 5.87. The highest BCUT2D eigenvalue weighted by atomic mass is 16.7. The molecule has 1 unspecified atom stereocenters. The molecule has 1 aromatic rings. The van der Waals surface area contributed by atoms with Gasteiger partial charge in [-0.25, -0.2) is 4.79 Å². The van der Waals surface area contributed by atoms with Gasteiger partial charge in [-0.1, -0.05) is 56.3 Å². The molecule has 1 amide bonds. The third-order valence-corrected chi connectivity index (χ3v) is 8.64. The lowest BCUT2D eigenvalue weighted by Gasteiger charge is -2.45. The average Bonchev–Trinajstić information content (AvgIpc) is 3.45. The van der Waals surface area contributed by atoms with Crippen molar-refractivity contribution < 1.29 is 33.7 Å². The van der Waals surface area contributed by atoms with Crippen molar-refractivity contribution in [3.63, 3.8) is 0 Å². The Morgan fingerprint density at radius 2 is 1.83 bits per heavy atom. The number of rotatable bonds is 2. The van der Waals surface area contributed by atoms with Gasteiger partial charge in [0.05, 0.1) is 23.9 Å². The van der Waals surface area contributed by atoms with E-state index in [0.717, 1.165) is 17.9 Å². The second kappa shape index (κ2) is 8.56. The van der Waals surface area contributed by atoms with Gasteiger partial charge in [0.25, 0.3) is 5.91 Å². The number of Topliss-reactive ketones (excluding diaryl/α,β-unsaturated/α-hetero) is 1. The van der Waals surface area contributed by atoms with Gasteiger partial charge in [-0.2, -0.15) is 0 Å². The summed E-state index contributed by atoms with van der Waals surface area (Å²) >= 11 is 0. The molecule has 2 saturated heterocycles. The molecule has 4 aliphatic rings. The fraction of sp³-hybridized carbons (Fsp3) is 0.536. The number of epoxide rings is 1. The molecule has 1 saturated carbocycles. The summed E-state index contributed by atoms with van der Waals surface area (Å²) in [4.78, 5) is 39.5. The fourth-order valence-electron chi connectivity index (χ4n) is 6.51. The van der Waals surface area contributed by atoms with Crippen LogP contribution < -0.4 is 5.32 Å². The molecular weight excluding hydrogens is 462 g/mol. The SMILES string of the molecule is C[C@H]1C/C=C/[C@H]2[C@@H]3O[C@]3(C)[C@@H](C)[C@H]3[C@H](Cc4ccccc4)NC(=O)C32OC(=O)O/C=C/[C@@](C)(O)C1=O. The zero-order chi connectivity index (χ0) is 25.9. The van der Waals surface area contributed by atoms with Crippen LogP contribution in [0.25, 0.3) is 0 Å². The Morgan fingerprint density at radius 3 is 2.56 bits per heavy atom. The Balaban J connectivity index is 1.58. The van der Waals surface area contributed by atoms with E-state index in [1.807, 2.05) is 56.3 Å². The predicted molar refractivity (Wildman–Crippen MR) is 129 cm³/mol. The number of nitrogens with one attached hydrogen (secondary N) is 1. The first kappa shape index (κ1) is 24.7. The van der Waals surface area contributed by atoms with Crippen LogP contribution in [0.2, 0.25) is 0 Å². The van der Waals surface area contributed by atoms with Gasteiger partial charge in [0.15, 0.2) is 5.78 Å². The lowest BCUT2D eigenvalue weighted by molar-refractivity contribution is -0.153. The van der Waals surface area contributed by atoms with Crippen LogP contribution in [-0.4, -0.2) is 51.9 Å². The molecule has 8 heteroatoms. The zero-order valence-corrected chi connectivity index (χ0v) is 21.0. The molecule has 36 heavy (non-hydrogen) atoms. The minimum atomic E-state index is -1.81. The molecule has 1 spiro atoms. The minimum absolute atomic E-state index is 0.0972. The molecule has 5 rings (SSSR count). The summed E-state index contributed by atoms with van der Waals surface area (Å²) in [5, 5.41) is 13.7. The number of aliphatic hydroxyl groups is 1. The molecule has 3 aliphatic heterocycles. The highest BCUT2D eigenvalue weighted by Crippen LogP contribution is 2.63. The highest BCUT2D eigenvalue weighted by molar-refractivity contribution is 5.92. The Labute approximate surface area is 210 Å². The van der Waals surface area contributed by atoms with E-state index in [1.54, 1.807) is 6.92 Å². The van der Waals surface area contributed by atoms with E-state index in [0.29, 0.717) is 12.8 Å². The van der Waals surface area contributed by atoms with Crippen molar-refractivity contribution in [2.45, 2.75) is 69.5 Å². The molecular formula is C28H33NO7. The van der Waals surface area contributed by atoms with Crippen molar-refractivity contribution in [2.24, 2.45) is 23.7 Å². The van der Waals surface area contributed by atoms with Crippen molar-refractivity contribution in [1.29, 1.82) is 0 Å². The quantitative estimate of drug-likeness (QED) is 0.368. The van der Waals surface area contributed by atoms with Crippen molar-refractivity contribution in [3.05, 3.63) is 60.4 Å². The Hall–Kier alpha value is -2.97. The van der Waals surface area contributed by atoms with E-state index < -0.39 is 40.6 Å². The predicted octanol–water partition coefficient (Wildman–Crippen LogP) is 3.09. The maximum atomic E-state index is 13.8. The van der Waals surface area contributed by atoms with Gasteiger partial charge in [0, 0.05) is 17.9 Å². The lowest BCUT2D eigenvalue weighted by atomic mass is 9.59. The Bertz CT molecular complexity index is 1130. The van der Waals surface area contributed by atoms with Gasteiger partial charge < -0.3 is 24.6 Å². The number of cyclic esters (lactones) is 1. The first-order chi connectivity index (χ1) is 17.0. The first-order valence-corrected chi connectivity index (χ1v) is 12.5. The topological polar surface area (TPSA) is 114 Å². The summed E-state index contributed by atoms with van der Waals surface area (Å²) < 4.78 is 17.3. The van der Waals surface area contributed by atoms with Crippen molar-refractivity contribution in [1.82, 2.24) is 5.32 Å². The van der Waals surface area contributed by atoms with E-state index >= 15 is 0 Å². The third-order valence-electron chi connectivity index (χ3n) is 8.64. The number of ketones is 1. The maximum Gasteiger partial charge on any atom is 0.514 e. The van der Waals surface area contributed by atoms with Crippen molar-refractivity contribution >= 4 is 17.8 Å². The zero-order valence-electron chi connectivity index (χ0n) is 21.0. The standard InChI is InChI=1S/C28H33NO7/c1-16-9-8-12-19-23-27(4,35-23)17(2)21-20(15-18-10-6-5-7-11-18)29-24(31)28(19,21)36-25(32)34-14-13-26(3,33)22(16)30/h5-8,10-14,16-17,19-21,23,33H,9,15H2,1-4H3,(H,29,31)/b12-8+,14-13+/t16-,17-,19-,20-,21-,23-,26+,27+,28?/m0/s1. The second-order valence-electron chi connectivity index (χ2n) is 11.0. The number of amides is 1. The number of hydrogen-bond acceptors (Lipinski definition) is 7. The van der Waals surface area contributed by atoms with Crippen LogP contribution in [0.3, 0.4) is 0 Å². The summed E-state index contributed by atoms with van der Waals surface area (Å²) in [5.74, 6) is -2.32. The van der Waals surface area contributed by atoms with E-state index in [-0.39, 0.29) is 29.9 Å². The molecule has 8 nitrogen and oxygen atoms in total. The first-order valence-electron chi connectivity index (χ1n) is 12.5. The summed E-state index contributed by atoms with van der Waals surface area (Å²) in [6, 6.07) is 9.58. The van der Waals surface area contributed by atoms with Gasteiger partial charge in [-0.3, -0.25) is 9.59 Å². The number of carbonyl (C=O) groups is 3. The van der Waals surface area contributed by atoms with Crippen LogP contribution in [0.15, 0.2) is 54.8 Å². The highest BCUT2D eigenvalue weighted by Gasteiger charge is 2.78.